The number of carbonyl (C=O) groups is 1. The Morgan fingerprint density at radius 3 is 2.40 bits per heavy atom. The molecule has 0 bridgehead atoms. The van der Waals surface area contributed by atoms with Gasteiger partial charge in [0.1, 0.15) is 6.54 Å². The first-order valence-corrected chi connectivity index (χ1v) is 8.85. The zero-order valence-electron chi connectivity index (χ0n) is 14.8. The first-order chi connectivity index (χ1) is 12.1. The standard InChI is InChI=1S/C21H24N2O2/c1-16-14-23(15-18-9-5-3-6-10-18)17(2)13-20(16)22-25-21(24)19-11-7-4-8-12-19/h3-12,16-17H,13-15H2,1-2H3/p+1. The van der Waals surface area contributed by atoms with Crippen LogP contribution < -0.4 is 4.90 Å². The quantitative estimate of drug-likeness (QED) is 0.689. The molecule has 1 heterocycles. The van der Waals surface area contributed by atoms with Crippen LogP contribution in [-0.4, -0.2) is 24.3 Å². The molecular weight excluding hydrogens is 312 g/mol. The number of quaternary nitrogens is 1. The SMILES string of the molecule is CC1C[NH+](Cc2ccccc2)C(C)CC1=NOC(=O)c1ccccc1. The van der Waals surface area contributed by atoms with Crippen molar-refractivity contribution in [2.45, 2.75) is 32.9 Å². The number of piperidine rings is 1. The highest BCUT2D eigenvalue weighted by atomic mass is 16.7. The number of nitrogens with one attached hydrogen (secondary N) is 1. The van der Waals surface area contributed by atoms with Gasteiger partial charge in [-0.05, 0) is 19.1 Å². The molecule has 4 heteroatoms. The number of oxime groups is 1. The van der Waals surface area contributed by atoms with Crippen molar-refractivity contribution in [1.29, 1.82) is 0 Å². The van der Waals surface area contributed by atoms with E-state index in [1.807, 2.05) is 24.3 Å². The third kappa shape index (κ3) is 4.54. The highest BCUT2D eigenvalue weighted by Crippen LogP contribution is 2.11. The van der Waals surface area contributed by atoms with E-state index in [2.05, 4.69) is 43.3 Å². The van der Waals surface area contributed by atoms with Crippen molar-refractivity contribution in [2.24, 2.45) is 11.1 Å². The predicted octanol–water partition coefficient (Wildman–Crippen LogP) is 2.71. The Labute approximate surface area is 149 Å². The number of rotatable bonds is 4. The number of nitrogens with zero attached hydrogens (tertiary/aromatic N) is 1. The lowest BCUT2D eigenvalue weighted by molar-refractivity contribution is -0.940. The molecule has 3 unspecified atom stereocenters. The van der Waals surface area contributed by atoms with Crippen molar-refractivity contribution < 1.29 is 14.5 Å². The van der Waals surface area contributed by atoms with E-state index < -0.39 is 5.97 Å². The van der Waals surface area contributed by atoms with Crippen LogP contribution in [0.25, 0.3) is 0 Å². The molecule has 0 saturated carbocycles. The molecule has 3 atom stereocenters. The van der Waals surface area contributed by atoms with Crippen LogP contribution in [0.4, 0.5) is 0 Å². The molecule has 0 spiro atoms. The predicted molar refractivity (Wildman–Crippen MR) is 98.5 cm³/mol. The van der Waals surface area contributed by atoms with Crippen molar-refractivity contribution in [2.75, 3.05) is 6.54 Å². The van der Waals surface area contributed by atoms with Gasteiger partial charge < -0.3 is 9.74 Å². The minimum atomic E-state index is -0.396. The second kappa shape index (κ2) is 8.08. The van der Waals surface area contributed by atoms with Crippen LogP contribution in [0.15, 0.2) is 65.8 Å². The van der Waals surface area contributed by atoms with Crippen LogP contribution in [0.3, 0.4) is 0 Å². The molecule has 3 rings (SSSR count). The third-order valence-electron chi connectivity index (χ3n) is 4.88. The average molecular weight is 337 g/mol. The normalized spacial score (nSPS) is 24.9. The van der Waals surface area contributed by atoms with E-state index >= 15 is 0 Å². The van der Waals surface area contributed by atoms with Gasteiger partial charge in [0.15, 0.2) is 0 Å². The molecule has 1 aliphatic heterocycles. The lowest BCUT2D eigenvalue weighted by atomic mass is 9.92. The van der Waals surface area contributed by atoms with Crippen LogP contribution in [0.5, 0.6) is 0 Å². The Balaban J connectivity index is 1.61. The van der Waals surface area contributed by atoms with Crippen LogP contribution in [0.2, 0.25) is 0 Å². The smallest absolute Gasteiger partial charge is 0.328 e. The summed E-state index contributed by atoms with van der Waals surface area (Å²) in [4.78, 5) is 18.8. The van der Waals surface area contributed by atoms with Crippen molar-refractivity contribution >= 4 is 11.7 Å². The van der Waals surface area contributed by atoms with Crippen molar-refractivity contribution in [3.8, 4) is 0 Å². The maximum atomic E-state index is 12.0. The lowest BCUT2D eigenvalue weighted by Gasteiger charge is -2.34. The van der Waals surface area contributed by atoms with E-state index in [0.29, 0.717) is 17.5 Å². The van der Waals surface area contributed by atoms with E-state index in [1.165, 1.54) is 5.56 Å². The molecule has 0 aliphatic carbocycles. The summed E-state index contributed by atoms with van der Waals surface area (Å²) in [6, 6.07) is 20.0. The van der Waals surface area contributed by atoms with Crippen molar-refractivity contribution in [3.63, 3.8) is 0 Å². The van der Waals surface area contributed by atoms with Crippen LogP contribution in [-0.2, 0) is 11.4 Å². The molecule has 0 radical (unpaired) electrons. The van der Waals surface area contributed by atoms with Crippen molar-refractivity contribution in [1.82, 2.24) is 0 Å². The number of likely N-dealkylation sites (tertiary alicyclic amines) is 1. The Morgan fingerprint density at radius 1 is 1.08 bits per heavy atom. The van der Waals surface area contributed by atoms with E-state index in [0.717, 1.165) is 25.2 Å². The van der Waals surface area contributed by atoms with E-state index in [-0.39, 0.29) is 0 Å². The molecule has 0 amide bonds. The number of benzene rings is 2. The fourth-order valence-corrected chi connectivity index (χ4v) is 3.33. The average Bonchev–Trinajstić information content (AvgIpc) is 2.64. The fraction of sp³-hybridized carbons (Fsp3) is 0.333. The lowest BCUT2D eigenvalue weighted by Crippen LogP contribution is -3.16. The highest BCUT2D eigenvalue weighted by molar-refractivity contribution is 5.91. The van der Waals surface area contributed by atoms with Gasteiger partial charge in [0.25, 0.3) is 0 Å². The largest absolute Gasteiger partial charge is 0.365 e. The first-order valence-electron chi connectivity index (χ1n) is 8.85. The Hall–Kier alpha value is -2.46. The van der Waals surface area contributed by atoms with Gasteiger partial charge in [0.2, 0.25) is 0 Å². The minimum Gasteiger partial charge on any atom is -0.328 e. The summed E-state index contributed by atoms with van der Waals surface area (Å²) in [6.45, 7) is 6.41. The molecule has 4 nitrogen and oxygen atoms in total. The zero-order chi connectivity index (χ0) is 17.6. The van der Waals surface area contributed by atoms with Crippen molar-refractivity contribution in [3.05, 3.63) is 71.8 Å². The van der Waals surface area contributed by atoms with Gasteiger partial charge in [-0.25, -0.2) is 4.79 Å². The molecule has 1 saturated heterocycles. The van der Waals surface area contributed by atoms with Gasteiger partial charge in [-0.15, -0.1) is 0 Å². The topological polar surface area (TPSA) is 43.1 Å². The molecular formula is C21H25N2O2+. The molecule has 1 fully saturated rings. The molecule has 1 aliphatic rings. The number of carbonyl (C=O) groups excluding carboxylic acids is 1. The van der Waals surface area contributed by atoms with Gasteiger partial charge >= 0.3 is 5.97 Å². The summed E-state index contributed by atoms with van der Waals surface area (Å²) in [7, 11) is 0. The Kier molecular flexibility index (Phi) is 5.61. The van der Waals surface area contributed by atoms with Gasteiger partial charge in [0, 0.05) is 17.9 Å². The summed E-state index contributed by atoms with van der Waals surface area (Å²) in [5, 5.41) is 4.19. The summed E-state index contributed by atoms with van der Waals surface area (Å²) in [6.07, 6.45) is 0.853. The second-order valence-corrected chi connectivity index (χ2v) is 6.86. The monoisotopic (exact) mass is 337 g/mol. The summed E-state index contributed by atoms with van der Waals surface area (Å²) in [5.74, 6) is -0.0921. The molecule has 25 heavy (non-hydrogen) atoms. The van der Waals surface area contributed by atoms with E-state index in [1.54, 1.807) is 17.0 Å². The van der Waals surface area contributed by atoms with Gasteiger partial charge in [-0.1, -0.05) is 60.6 Å². The van der Waals surface area contributed by atoms with Crippen LogP contribution in [0, 0.1) is 5.92 Å². The van der Waals surface area contributed by atoms with E-state index in [9.17, 15) is 4.79 Å². The molecule has 2 aromatic rings. The fourth-order valence-electron chi connectivity index (χ4n) is 3.33. The number of hydrogen-bond acceptors (Lipinski definition) is 3. The third-order valence-corrected chi connectivity index (χ3v) is 4.88. The first kappa shape index (κ1) is 17.4. The number of hydrogen-bond donors (Lipinski definition) is 1. The minimum absolute atomic E-state index is 0.304. The molecule has 1 N–H and O–H groups in total. The maximum absolute atomic E-state index is 12.0. The molecule has 2 aromatic carbocycles. The van der Waals surface area contributed by atoms with E-state index in [4.69, 9.17) is 4.84 Å². The molecule has 0 aromatic heterocycles. The summed E-state index contributed by atoms with van der Waals surface area (Å²) >= 11 is 0. The molecule has 130 valence electrons. The van der Waals surface area contributed by atoms with Crippen LogP contribution in [0.1, 0.15) is 36.2 Å². The van der Waals surface area contributed by atoms with Crippen LogP contribution >= 0.6 is 0 Å². The summed E-state index contributed by atoms with van der Waals surface area (Å²) in [5.41, 5.74) is 2.86. The Bertz CT molecular complexity index is 728. The maximum Gasteiger partial charge on any atom is 0.365 e. The van der Waals surface area contributed by atoms with Gasteiger partial charge in [-0.2, -0.15) is 0 Å². The van der Waals surface area contributed by atoms with Gasteiger partial charge in [0.05, 0.1) is 23.9 Å². The zero-order valence-corrected chi connectivity index (χ0v) is 14.8. The summed E-state index contributed by atoms with van der Waals surface area (Å²) < 4.78 is 0. The second-order valence-electron chi connectivity index (χ2n) is 6.86. The highest BCUT2D eigenvalue weighted by Gasteiger charge is 2.32. The van der Waals surface area contributed by atoms with Gasteiger partial charge in [-0.3, -0.25) is 0 Å². The Morgan fingerprint density at radius 2 is 1.72 bits per heavy atom.